The van der Waals surface area contributed by atoms with Gasteiger partial charge in [0, 0.05) is 43.5 Å². The van der Waals surface area contributed by atoms with Crippen molar-refractivity contribution in [2.75, 3.05) is 13.1 Å². The molecule has 1 aliphatic carbocycles. The van der Waals surface area contributed by atoms with E-state index >= 15 is 0 Å². The SMILES string of the molecule is Cc1ccc(CC(=O)N2CCC3C(CCC(=O)N3C3CC3)C2)cn1. The van der Waals surface area contributed by atoms with Gasteiger partial charge in [-0.3, -0.25) is 14.6 Å². The fraction of sp³-hybridized carbons (Fsp3) is 0.632. The van der Waals surface area contributed by atoms with Crippen molar-refractivity contribution in [1.82, 2.24) is 14.8 Å². The monoisotopic (exact) mass is 327 g/mol. The first kappa shape index (κ1) is 15.6. The smallest absolute Gasteiger partial charge is 0.227 e. The van der Waals surface area contributed by atoms with Gasteiger partial charge in [-0.05, 0) is 50.2 Å². The van der Waals surface area contributed by atoms with Crippen molar-refractivity contribution in [2.24, 2.45) is 5.92 Å². The summed E-state index contributed by atoms with van der Waals surface area (Å²) in [6, 6.07) is 4.80. The van der Waals surface area contributed by atoms with Crippen LogP contribution in [-0.2, 0) is 16.0 Å². The molecule has 2 atom stereocenters. The Balaban J connectivity index is 1.39. The Morgan fingerprint density at radius 1 is 1.25 bits per heavy atom. The molecule has 5 nitrogen and oxygen atoms in total. The summed E-state index contributed by atoms with van der Waals surface area (Å²) in [4.78, 5) is 33.3. The van der Waals surface area contributed by atoms with Crippen molar-refractivity contribution in [1.29, 1.82) is 0 Å². The van der Waals surface area contributed by atoms with Crippen molar-refractivity contribution in [3.05, 3.63) is 29.6 Å². The molecule has 0 N–H and O–H groups in total. The zero-order valence-electron chi connectivity index (χ0n) is 14.3. The van der Waals surface area contributed by atoms with Gasteiger partial charge in [-0.1, -0.05) is 6.07 Å². The topological polar surface area (TPSA) is 53.5 Å². The van der Waals surface area contributed by atoms with Crippen molar-refractivity contribution < 1.29 is 9.59 Å². The number of fused-ring (bicyclic) bond motifs is 1. The van der Waals surface area contributed by atoms with Gasteiger partial charge in [-0.25, -0.2) is 0 Å². The van der Waals surface area contributed by atoms with Crippen LogP contribution in [0.5, 0.6) is 0 Å². The van der Waals surface area contributed by atoms with E-state index in [9.17, 15) is 9.59 Å². The molecule has 0 radical (unpaired) electrons. The number of pyridine rings is 1. The van der Waals surface area contributed by atoms with Gasteiger partial charge in [-0.2, -0.15) is 0 Å². The molecule has 24 heavy (non-hydrogen) atoms. The second-order valence-electron chi connectivity index (χ2n) is 7.51. The molecule has 2 saturated heterocycles. The normalized spacial score (nSPS) is 27.1. The molecule has 2 aliphatic heterocycles. The van der Waals surface area contributed by atoms with E-state index in [-0.39, 0.29) is 5.91 Å². The zero-order valence-corrected chi connectivity index (χ0v) is 14.3. The van der Waals surface area contributed by atoms with E-state index in [1.54, 1.807) is 6.20 Å². The third-order valence-electron chi connectivity index (χ3n) is 5.69. The number of nitrogens with zero attached hydrogens (tertiary/aromatic N) is 3. The molecule has 3 aliphatic rings. The van der Waals surface area contributed by atoms with E-state index in [0.29, 0.717) is 36.8 Å². The quantitative estimate of drug-likeness (QED) is 0.852. The highest BCUT2D eigenvalue weighted by atomic mass is 16.2. The van der Waals surface area contributed by atoms with Crippen LogP contribution in [0.3, 0.4) is 0 Å². The number of hydrogen-bond donors (Lipinski definition) is 0. The van der Waals surface area contributed by atoms with Gasteiger partial charge in [0.1, 0.15) is 0 Å². The standard InChI is InChI=1S/C19H25N3O2/c1-13-2-3-14(11-20-13)10-19(24)21-9-8-17-15(12-21)4-7-18(23)22(17)16-5-6-16/h2-3,11,15-17H,4-10,12H2,1H3. The number of piperidine rings is 2. The Labute approximate surface area is 143 Å². The molecule has 0 bridgehead atoms. The lowest BCUT2D eigenvalue weighted by Gasteiger charge is -2.47. The lowest BCUT2D eigenvalue weighted by Crippen LogP contribution is -2.57. The zero-order chi connectivity index (χ0) is 16.7. The molecule has 0 aromatic carbocycles. The van der Waals surface area contributed by atoms with Crippen LogP contribution in [0.15, 0.2) is 18.3 Å². The van der Waals surface area contributed by atoms with Crippen molar-refractivity contribution in [2.45, 2.75) is 57.5 Å². The summed E-state index contributed by atoms with van der Waals surface area (Å²) < 4.78 is 0. The van der Waals surface area contributed by atoms with E-state index in [4.69, 9.17) is 0 Å². The molecule has 3 fully saturated rings. The van der Waals surface area contributed by atoms with Crippen molar-refractivity contribution >= 4 is 11.8 Å². The summed E-state index contributed by atoms with van der Waals surface area (Å²) in [5, 5.41) is 0. The fourth-order valence-electron chi connectivity index (χ4n) is 4.24. The average Bonchev–Trinajstić information content (AvgIpc) is 3.41. The molecule has 3 heterocycles. The Hall–Kier alpha value is -1.91. The van der Waals surface area contributed by atoms with Gasteiger partial charge in [0.25, 0.3) is 0 Å². The summed E-state index contributed by atoms with van der Waals surface area (Å²) in [5.74, 6) is 0.982. The van der Waals surface area contributed by atoms with Crippen LogP contribution >= 0.6 is 0 Å². The van der Waals surface area contributed by atoms with E-state index in [0.717, 1.165) is 50.0 Å². The molecule has 1 aromatic heterocycles. The number of aryl methyl sites for hydroxylation is 1. The number of rotatable bonds is 3. The van der Waals surface area contributed by atoms with E-state index in [1.165, 1.54) is 0 Å². The first-order valence-corrected chi connectivity index (χ1v) is 9.12. The summed E-state index contributed by atoms with van der Waals surface area (Å²) in [6.07, 6.45) is 7.08. The summed E-state index contributed by atoms with van der Waals surface area (Å²) in [7, 11) is 0. The highest BCUT2D eigenvalue weighted by Gasteiger charge is 2.45. The summed E-state index contributed by atoms with van der Waals surface area (Å²) in [5.41, 5.74) is 1.95. The van der Waals surface area contributed by atoms with Crippen LogP contribution in [0, 0.1) is 12.8 Å². The number of likely N-dealkylation sites (tertiary alicyclic amines) is 2. The van der Waals surface area contributed by atoms with Crippen molar-refractivity contribution in [3.63, 3.8) is 0 Å². The van der Waals surface area contributed by atoms with E-state index < -0.39 is 0 Å². The average molecular weight is 327 g/mol. The highest BCUT2D eigenvalue weighted by molar-refractivity contribution is 5.80. The van der Waals surface area contributed by atoms with Gasteiger partial charge in [0.2, 0.25) is 11.8 Å². The Kier molecular flexibility index (Phi) is 4.02. The van der Waals surface area contributed by atoms with Crippen LogP contribution in [0.2, 0.25) is 0 Å². The Morgan fingerprint density at radius 3 is 2.79 bits per heavy atom. The maximum atomic E-state index is 12.6. The second kappa shape index (κ2) is 6.19. The molecular formula is C19H25N3O2. The third-order valence-corrected chi connectivity index (χ3v) is 5.69. The second-order valence-corrected chi connectivity index (χ2v) is 7.51. The molecule has 4 rings (SSSR count). The Bertz CT molecular complexity index is 639. The predicted octanol–water partition coefficient (Wildman–Crippen LogP) is 1.93. The number of amides is 2. The molecule has 5 heteroatoms. The largest absolute Gasteiger partial charge is 0.342 e. The highest BCUT2D eigenvalue weighted by Crippen LogP contribution is 2.39. The predicted molar refractivity (Wildman–Crippen MR) is 90.3 cm³/mol. The fourth-order valence-corrected chi connectivity index (χ4v) is 4.24. The minimum absolute atomic E-state index is 0.189. The lowest BCUT2D eigenvalue weighted by molar-refractivity contribution is -0.144. The molecule has 1 aromatic rings. The van der Waals surface area contributed by atoms with Crippen molar-refractivity contribution in [3.8, 4) is 0 Å². The molecular weight excluding hydrogens is 302 g/mol. The summed E-state index contributed by atoms with van der Waals surface area (Å²) >= 11 is 0. The number of hydrogen-bond acceptors (Lipinski definition) is 3. The van der Waals surface area contributed by atoms with Gasteiger partial charge in [0.15, 0.2) is 0 Å². The van der Waals surface area contributed by atoms with Gasteiger partial charge in [-0.15, -0.1) is 0 Å². The van der Waals surface area contributed by atoms with Crippen LogP contribution < -0.4 is 0 Å². The lowest BCUT2D eigenvalue weighted by atomic mass is 9.83. The Morgan fingerprint density at radius 2 is 2.08 bits per heavy atom. The van der Waals surface area contributed by atoms with E-state index in [1.807, 2.05) is 24.0 Å². The molecule has 1 saturated carbocycles. The molecule has 2 unspecified atom stereocenters. The van der Waals surface area contributed by atoms with Gasteiger partial charge >= 0.3 is 0 Å². The van der Waals surface area contributed by atoms with Crippen LogP contribution in [0.1, 0.15) is 43.4 Å². The third kappa shape index (κ3) is 3.04. The summed E-state index contributed by atoms with van der Waals surface area (Å²) in [6.45, 7) is 3.53. The van der Waals surface area contributed by atoms with Crippen LogP contribution in [0.4, 0.5) is 0 Å². The minimum Gasteiger partial charge on any atom is -0.342 e. The van der Waals surface area contributed by atoms with E-state index in [2.05, 4.69) is 9.88 Å². The minimum atomic E-state index is 0.189. The maximum Gasteiger partial charge on any atom is 0.227 e. The number of carbonyl (C=O) groups is 2. The maximum absolute atomic E-state index is 12.6. The van der Waals surface area contributed by atoms with Crippen LogP contribution in [-0.4, -0.2) is 51.8 Å². The number of aromatic nitrogens is 1. The molecule has 0 spiro atoms. The van der Waals surface area contributed by atoms with Gasteiger partial charge in [0.05, 0.1) is 6.42 Å². The first-order valence-electron chi connectivity index (χ1n) is 9.12. The first-order chi connectivity index (χ1) is 11.6. The molecule has 2 amide bonds. The van der Waals surface area contributed by atoms with Gasteiger partial charge < -0.3 is 9.80 Å². The van der Waals surface area contributed by atoms with Crippen LogP contribution in [0.25, 0.3) is 0 Å². The molecule has 128 valence electrons. The number of carbonyl (C=O) groups excluding carboxylic acids is 2.